The van der Waals surface area contributed by atoms with Crippen LogP contribution in [0.2, 0.25) is 0 Å². The number of furan rings is 1. The first-order valence-corrected chi connectivity index (χ1v) is 6.57. The van der Waals surface area contributed by atoms with Crippen molar-refractivity contribution in [3.05, 3.63) is 23.7 Å². The highest BCUT2D eigenvalue weighted by Crippen LogP contribution is 2.12. The predicted octanol–water partition coefficient (Wildman–Crippen LogP) is 3.34. The Morgan fingerprint density at radius 1 is 1.41 bits per heavy atom. The molecule has 0 amide bonds. The second kappa shape index (κ2) is 8.31. The molecule has 3 nitrogen and oxygen atoms in total. The first-order valence-electron chi connectivity index (χ1n) is 6.57. The van der Waals surface area contributed by atoms with E-state index in [1.165, 1.54) is 12.0 Å². The van der Waals surface area contributed by atoms with Crippen LogP contribution in [0.15, 0.2) is 16.7 Å². The van der Waals surface area contributed by atoms with Crippen LogP contribution in [0.25, 0.3) is 0 Å². The average molecular weight is 239 g/mol. The molecule has 3 heteroatoms. The molecule has 0 aliphatic carbocycles. The Morgan fingerprint density at radius 3 is 2.94 bits per heavy atom. The van der Waals surface area contributed by atoms with Gasteiger partial charge in [0, 0.05) is 18.7 Å². The number of hydrogen-bond donors (Lipinski definition) is 1. The predicted molar refractivity (Wildman–Crippen MR) is 69.8 cm³/mol. The molecule has 0 saturated heterocycles. The molecule has 1 rings (SSSR count). The molecule has 0 aromatic carbocycles. The fraction of sp³-hybridized carbons (Fsp3) is 0.714. The summed E-state index contributed by atoms with van der Waals surface area (Å²) in [6.07, 6.45) is 4.09. The zero-order valence-electron chi connectivity index (χ0n) is 11.3. The van der Waals surface area contributed by atoms with Gasteiger partial charge in [-0.05, 0) is 31.4 Å². The topological polar surface area (TPSA) is 34.4 Å². The van der Waals surface area contributed by atoms with Crippen molar-refractivity contribution in [2.75, 3.05) is 13.2 Å². The minimum atomic E-state index is 0.589. The molecule has 0 unspecified atom stereocenters. The lowest BCUT2D eigenvalue weighted by molar-refractivity contribution is 0.0999. The Morgan fingerprint density at radius 2 is 2.24 bits per heavy atom. The standard InChI is InChI=1S/C14H25NO2/c1-4-15-10-13-7-9-17-14(13)11-16-8-5-6-12(2)3/h7,9,12,15H,4-6,8,10-11H2,1-3H3. The minimum absolute atomic E-state index is 0.589. The van der Waals surface area contributed by atoms with Crippen LogP contribution in [0.4, 0.5) is 0 Å². The summed E-state index contributed by atoms with van der Waals surface area (Å²) in [4.78, 5) is 0. The largest absolute Gasteiger partial charge is 0.467 e. The average Bonchev–Trinajstić information content (AvgIpc) is 2.73. The normalized spacial score (nSPS) is 11.3. The van der Waals surface area contributed by atoms with E-state index in [-0.39, 0.29) is 0 Å². The molecule has 0 atom stereocenters. The van der Waals surface area contributed by atoms with Gasteiger partial charge < -0.3 is 14.5 Å². The van der Waals surface area contributed by atoms with Crippen LogP contribution >= 0.6 is 0 Å². The third-order valence-corrected chi connectivity index (χ3v) is 2.71. The zero-order valence-corrected chi connectivity index (χ0v) is 11.3. The van der Waals surface area contributed by atoms with E-state index < -0.39 is 0 Å². The summed E-state index contributed by atoms with van der Waals surface area (Å²) in [6, 6.07) is 2.01. The smallest absolute Gasteiger partial charge is 0.133 e. The second-order valence-electron chi connectivity index (χ2n) is 4.74. The summed E-state index contributed by atoms with van der Waals surface area (Å²) in [5.74, 6) is 1.71. The van der Waals surface area contributed by atoms with Gasteiger partial charge in [-0.3, -0.25) is 0 Å². The van der Waals surface area contributed by atoms with E-state index in [1.807, 2.05) is 6.07 Å². The Bertz CT molecular complexity index is 294. The van der Waals surface area contributed by atoms with Gasteiger partial charge in [0.25, 0.3) is 0 Å². The van der Waals surface area contributed by atoms with Gasteiger partial charge in [0.1, 0.15) is 12.4 Å². The molecule has 0 spiro atoms. The van der Waals surface area contributed by atoms with Crippen LogP contribution in [0.3, 0.4) is 0 Å². The van der Waals surface area contributed by atoms with Crippen molar-refractivity contribution < 1.29 is 9.15 Å². The van der Waals surface area contributed by atoms with E-state index in [0.29, 0.717) is 6.61 Å². The fourth-order valence-electron chi connectivity index (χ4n) is 1.67. The van der Waals surface area contributed by atoms with E-state index >= 15 is 0 Å². The van der Waals surface area contributed by atoms with E-state index in [2.05, 4.69) is 26.1 Å². The van der Waals surface area contributed by atoms with E-state index in [4.69, 9.17) is 9.15 Å². The van der Waals surface area contributed by atoms with Gasteiger partial charge in [-0.15, -0.1) is 0 Å². The zero-order chi connectivity index (χ0) is 12.5. The van der Waals surface area contributed by atoms with Crippen LogP contribution in [0.1, 0.15) is 44.9 Å². The quantitative estimate of drug-likeness (QED) is 0.671. The van der Waals surface area contributed by atoms with Crippen molar-refractivity contribution in [2.24, 2.45) is 5.92 Å². The summed E-state index contributed by atoms with van der Waals surface area (Å²) in [7, 11) is 0. The van der Waals surface area contributed by atoms with Gasteiger partial charge >= 0.3 is 0 Å². The number of nitrogens with one attached hydrogen (secondary N) is 1. The molecule has 98 valence electrons. The van der Waals surface area contributed by atoms with Crippen LogP contribution in [0.5, 0.6) is 0 Å². The van der Waals surface area contributed by atoms with Gasteiger partial charge in [-0.2, -0.15) is 0 Å². The molecule has 17 heavy (non-hydrogen) atoms. The molecule has 1 N–H and O–H groups in total. The highest BCUT2D eigenvalue weighted by Gasteiger charge is 2.05. The maximum Gasteiger partial charge on any atom is 0.133 e. The van der Waals surface area contributed by atoms with Gasteiger partial charge in [0.2, 0.25) is 0 Å². The molecule has 1 aromatic rings. The number of hydrogen-bond acceptors (Lipinski definition) is 3. The molecule has 0 bridgehead atoms. The molecule has 1 heterocycles. The van der Waals surface area contributed by atoms with Crippen molar-refractivity contribution in [3.63, 3.8) is 0 Å². The molecule has 0 aliphatic rings. The Balaban J connectivity index is 2.19. The van der Waals surface area contributed by atoms with E-state index in [9.17, 15) is 0 Å². The molecule has 0 saturated carbocycles. The molecule has 0 aliphatic heterocycles. The number of ether oxygens (including phenoxy) is 1. The van der Waals surface area contributed by atoms with E-state index in [0.717, 1.165) is 37.8 Å². The second-order valence-corrected chi connectivity index (χ2v) is 4.74. The van der Waals surface area contributed by atoms with E-state index in [1.54, 1.807) is 6.26 Å². The van der Waals surface area contributed by atoms with Crippen molar-refractivity contribution >= 4 is 0 Å². The first kappa shape index (κ1) is 14.3. The maximum atomic E-state index is 5.63. The van der Waals surface area contributed by atoms with Crippen molar-refractivity contribution in [1.29, 1.82) is 0 Å². The monoisotopic (exact) mass is 239 g/mol. The Hall–Kier alpha value is -0.800. The van der Waals surface area contributed by atoms with Gasteiger partial charge in [-0.25, -0.2) is 0 Å². The maximum absolute atomic E-state index is 5.63. The highest BCUT2D eigenvalue weighted by atomic mass is 16.5. The van der Waals surface area contributed by atoms with Crippen LogP contribution in [0, 0.1) is 5.92 Å². The molecule has 0 fully saturated rings. The SMILES string of the molecule is CCNCc1ccoc1COCCCC(C)C. The summed E-state index contributed by atoms with van der Waals surface area (Å²) >= 11 is 0. The van der Waals surface area contributed by atoms with Crippen molar-refractivity contribution in [1.82, 2.24) is 5.32 Å². The van der Waals surface area contributed by atoms with Crippen LogP contribution in [-0.4, -0.2) is 13.2 Å². The molecule has 1 aromatic heterocycles. The van der Waals surface area contributed by atoms with Crippen LogP contribution < -0.4 is 5.32 Å². The summed E-state index contributed by atoms with van der Waals surface area (Å²) < 4.78 is 11.1. The molecular weight excluding hydrogens is 214 g/mol. The summed E-state index contributed by atoms with van der Waals surface area (Å²) in [5.41, 5.74) is 1.20. The van der Waals surface area contributed by atoms with Crippen molar-refractivity contribution in [3.8, 4) is 0 Å². The summed E-state index contributed by atoms with van der Waals surface area (Å²) in [5, 5.41) is 3.29. The van der Waals surface area contributed by atoms with Gasteiger partial charge in [0.05, 0.1) is 6.26 Å². The third kappa shape index (κ3) is 5.89. The van der Waals surface area contributed by atoms with Crippen LogP contribution in [-0.2, 0) is 17.9 Å². The first-order chi connectivity index (χ1) is 8.24. The highest BCUT2D eigenvalue weighted by molar-refractivity contribution is 5.15. The third-order valence-electron chi connectivity index (χ3n) is 2.71. The minimum Gasteiger partial charge on any atom is -0.467 e. The summed E-state index contributed by atoms with van der Waals surface area (Å²) in [6.45, 7) is 9.81. The Kier molecular flexibility index (Phi) is 6.97. The lowest BCUT2D eigenvalue weighted by Gasteiger charge is -2.06. The lowest BCUT2D eigenvalue weighted by atomic mass is 10.1. The molecular formula is C14H25NO2. The van der Waals surface area contributed by atoms with Gasteiger partial charge in [-0.1, -0.05) is 20.8 Å². The fourth-order valence-corrected chi connectivity index (χ4v) is 1.67. The number of rotatable bonds is 9. The van der Waals surface area contributed by atoms with Gasteiger partial charge in [0.15, 0.2) is 0 Å². The molecule has 0 radical (unpaired) electrons. The van der Waals surface area contributed by atoms with Crippen molar-refractivity contribution in [2.45, 2.75) is 46.8 Å². The lowest BCUT2D eigenvalue weighted by Crippen LogP contribution is -2.12. The Labute approximate surface area is 105 Å².